The van der Waals surface area contributed by atoms with E-state index in [1.807, 2.05) is 30.4 Å². The largest absolute Gasteiger partial charge is 0.493 e. The van der Waals surface area contributed by atoms with Gasteiger partial charge in [0, 0.05) is 5.88 Å². The first-order valence-corrected chi connectivity index (χ1v) is 5.29. The van der Waals surface area contributed by atoms with Gasteiger partial charge in [-0.25, -0.2) is 0 Å². The van der Waals surface area contributed by atoms with Crippen molar-refractivity contribution in [3.05, 3.63) is 29.8 Å². The molecule has 0 aromatic heterocycles. The van der Waals surface area contributed by atoms with E-state index >= 15 is 0 Å². The van der Waals surface area contributed by atoms with E-state index in [1.165, 1.54) is 0 Å². The number of allylic oxidation sites excluding steroid dienone is 1. The molecule has 0 aliphatic heterocycles. The quantitative estimate of drug-likeness (QED) is 0.717. The third-order valence-corrected chi connectivity index (χ3v) is 2.21. The Morgan fingerprint density at radius 1 is 1.20 bits per heavy atom. The number of rotatable bonds is 5. The van der Waals surface area contributed by atoms with Gasteiger partial charge in [-0.15, -0.1) is 11.6 Å². The van der Waals surface area contributed by atoms with Crippen molar-refractivity contribution in [1.82, 2.24) is 0 Å². The van der Waals surface area contributed by atoms with Crippen LogP contribution in [0.2, 0.25) is 0 Å². The van der Waals surface area contributed by atoms with Gasteiger partial charge in [0.05, 0.1) is 14.2 Å². The zero-order valence-electron chi connectivity index (χ0n) is 9.00. The summed E-state index contributed by atoms with van der Waals surface area (Å²) in [7, 11) is 3.25. The lowest BCUT2D eigenvalue weighted by atomic mass is 10.2. The van der Waals surface area contributed by atoms with E-state index in [0.29, 0.717) is 5.88 Å². The predicted molar refractivity (Wildman–Crippen MR) is 63.9 cm³/mol. The zero-order chi connectivity index (χ0) is 11.1. The lowest BCUT2D eigenvalue weighted by Gasteiger charge is -2.07. The van der Waals surface area contributed by atoms with E-state index in [2.05, 4.69) is 0 Å². The second-order valence-corrected chi connectivity index (χ2v) is 3.37. The molecule has 0 amide bonds. The number of methoxy groups -OCH3 is 2. The number of halogens is 1. The van der Waals surface area contributed by atoms with E-state index in [1.54, 1.807) is 14.2 Å². The molecule has 3 heteroatoms. The second kappa shape index (κ2) is 6.36. The minimum Gasteiger partial charge on any atom is -0.493 e. The van der Waals surface area contributed by atoms with Crippen LogP contribution >= 0.6 is 11.6 Å². The van der Waals surface area contributed by atoms with Crippen molar-refractivity contribution < 1.29 is 9.47 Å². The normalized spacial score (nSPS) is 10.6. The maximum atomic E-state index is 5.58. The van der Waals surface area contributed by atoms with Crippen molar-refractivity contribution in [2.24, 2.45) is 0 Å². The first-order valence-electron chi connectivity index (χ1n) is 4.76. The summed E-state index contributed by atoms with van der Waals surface area (Å²) in [4.78, 5) is 0. The summed E-state index contributed by atoms with van der Waals surface area (Å²) in [6.45, 7) is 0. The molecule has 0 unspecified atom stereocenters. The summed E-state index contributed by atoms with van der Waals surface area (Å²) in [5.41, 5.74) is 1.08. The van der Waals surface area contributed by atoms with Gasteiger partial charge in [-0.2, -0.15) is 0 Å². The minimum atomic E-state index is 0.643. The molecule has 82 valence electrons. The molecule has 0 saturated heterocycles. The summed E-state index contributed by atoms with van der Waals surface area (Å²) >= 11 is 5.58. The molecule has 0 fully saturated rings. The van der Waals surface area contributed by atoms with Crippen LogP contribution in [0.4, 0.5) is 0 Å². The summed E-state index contributed by atoms with van der Waals surface area (Å²) in [6, 6.07) is 5.80. The van der Waals surface area contributed by atoms with Crippen LogP contribution in [0.15, 0.2) is 24.3 Å². The standard InChI is InChI=1S/C12H15ClO2/c1-14-11-7-6-10(5-3-4-8-13)9-12(11)15-2/h3,5-7,9H,4,8H2,1-2H3. The molecule has 1 aromatic carbocycles. The molecule has 1 aromatic rings. The Morgan fingerprint density at radius 3 is 2.53 bits per heavy atom. The number of hydrogen-bond donors (Lipinski definition) is 0. The Kier molecular flexibility index (Phi) is 5.05. The Balaban J connectivity index is 2.83. The molecule has 0 N–H and O–H groups in total. The lowest BCUT2D eigenvalue weighted by molar-refractivity contribution is 0.355. The Labute approximate surface area is 95.5 Å². The Bertz CT molecular complexity index is 334. The third kappa shape index (κ3) is 3.48. The van der Waals surface area contributed by atoms with E-state index in [0.717, 1.165) is 23.5 Å². The maximum absolute atomic E-state index is 5.58. The first kappa shape index (κ1) is 11.9. The molecular formula is C12H15ClO2. The van der Waals surface area contributed by atoms with Crippen LogP contribution in [0.25, 0.3) is 6.08 Å². The van der Waals surface area contributed by atoms with Crippen molar-refractivity contribution in [1.29, 1.82) is 0 Å². The molecular weight excluding hydrogens is 212 g/mol. The molecule has 0 atom stereocenters. The van der Waals surface area contributed by atoms with Gasteiger partial charge in [-0.05, 0) is 24.1 Å². The topological polar surface area (TPSA) is 18.5 Å². The maximum Gasteiger partial charge on any atom is 0.161 e. The average molecular weight is 227 g/mol. The van der Waals surface area contributed by atoms with Crippen molar-refractivity contribution >= 4 is 17.7 Å². The van der Waals surface area contributed by atoms with Crippen molar-refractivity contribution in [3.63, 3.8) is 0 Å². The van der Waals surface area contributed by atoms with Crippen LogP contribution in [0.3, 0.4) is 0 Å². The van der Waals surface area contributed by atoms with Crippen LogP contribution in [0.1, 0.15) is 12.0 Å². The van der Waals surface area contributed by atoms with Gasteiger partial charge >= 0.3 is 0 Å². The van der Waals surface area contributed by atoms with Crippen LogP contribution in [-0.2, 0) is 0 Å². The molecule has 15 heavy (non-hydrogen) atoms. The minimum absolute atomic E-state index is 0.643. The molecule has 2 nitrogen and oxygen atoms in total. The Morgan fingerprint density at radius 2 is 1.93 bits per heavy atom. The van der Waals surface area contributed by atoms with Gasteiger partial charge in [0.15, 0.2) is 11.5 Å². The SMILES string of the molecule is COc1ccc(C=CCCCl)cc1OC. The fourth-order valence-electron chi connectivity index (χ4n) is 1.24. The van der Waals surface area contributed by atoms with Gasteiger partial charge in [0.2, 0.25) is 0 Å². The molecule has 0 radical (unpaired) electrons. The third-order valence-electron chi connectivity index (χ3n) is 1.99. The Hall–Kier alpha value is -1.15. The summed E-state index contributed by atoms with van der Waals surface area (Å²) in [6.07, 6.45) is 4.93. The molecule has 0 heterocycles. The lowest BCUT2D eigenvalue weighted by Crippen LogP contribution is -1.90. The highest BCUT2D eigenvalue weighted by Crippen LogP contribution is 2.27. The van der Waals surface area contributed by atoms with E-state index in [-0.39, 0.29) is 0 Å². The van der Waals surface area contributed by atoms with Gasteiger partial charge in [0.25, 0.3) is 0 Å². The van der Waals surface area contributed by atoms with E-state index < -0.39 is 0 Å². The summed E-state index contributed by atoms with van der Waals surface area (Å²) in [5.74, 6) is 2.13. The average Bonchev–Trinajstić information content (AvgIpc) is 2.29. The number of ether oxygens (including phenoxy) is 2. The van der Waals surface area contributed by atoms with Gasteiger partial charge in [0.1, 0.15) is 0 Å². The molecule has 0 aliphatic carbocycles. The van der Waals surface area contributed by atoms with Crippen molar-refractivity contribution in [3.8, 4) is 11.5 Å². The summed E-state index contributed by atoms with van der Waals surface area (Å²) in [5, 5.41) is 0. The van der Waals surface area contributed by atoms with Gasteiger partial charge in [-0.1, -0.05) is 18.2 Å². The number of benzene rings is 1. The predicted octanol–water partition coefficient (Wildman–Crippen LogP) is 3.35. The van der Waals surface area contributed by atoms with Crippen LogP contribution in [-0.4, -0.2) is 20.1 Å². The zero-order valence-corrected chi connectivity index (χ0v) is 9.75. The monoisotopic (exact) mass is 226 g/mol. The first-order chi connectivity index (χ1) is 7.31. The highest BCUT2D eigenvalue weighted by Gasteiger charge is 2.01. The van der Waals surface area contributed by atoms with Gasteiger partial charge in [-0.3, -0.25) is 0 Å². The fourth-order valence-corrected chi connectivity index (χ4v) is 1.36. The smallest absolute Gasteiger partial charge is 0.161 e. The van der Waals surface area contributed by atoms with Crippen molar-refractivity contribution in [2.75, 3.05) is 20.1 Å². The highest BCUT2D eigenvalue weighted by molar-refractivity contribution is 6.17. The van der Waals surface area contributed by atoms with Crippen LogP contribution in [0.5, 0.6) is 11.5 Å². The number of alkyl halides is 1. The van der Waals surface area contributed by atoms with Crippen LogP contribution < -0.4 is 9.47 Å². The molecule has 0 bridgehead atoms. The summed E-state index contributed by atoms with van der Waals surface area (Å²) < 4.78 is 10.3. The highest BCUT2D eigenvalue weighted by atomic mass is 35.5. The van der Waals surface area contributed by atoms with E-state index in [4.69, 9.17) is 21.1 Å². The molecule has 0 spiro atoms. The molecule has 0 saturated carbocycles. The second-order valence-electron chi connectivity index (χ2n) is 2.99. The van der Waals surface area contributed by atoms with Crippen LogP contribution in [0, 0.1) is 0 Å². The van der Waals surface area contributed by atoms with Crippen molar-refractivity contribution in [2.45, 2.75) is 6.42 Å². The molecule has 1 rings (SSSR count). The van der Waals surface area contributed by atoms with E-state index in [9.17, 15) is 0 Å². The molecule has 0 aliphatic rings. The van der Waals surface area contributed by atoms with Gasteiger partial charge < -0.3 is 9.47 Å². The number of hydrogen-bond acceptors (Lipinski definition) is 2. The fraction of sp³-hybridized carbons (Fsp3) is 0.333.